The van der Waals surface area contributed by atoms with Crippen molar-refractivity contribution in [1.29, 1.82) is 0 Å². The second-order valence-corrected chi connectivity index (χ2v) is 6.49. The van der Waals surface area contributed by atoms with Crippen molar-refractivity contribution in [2.75, 3.05) is 6.54 Å². The molecule has 3 rings (SSSR count). The second-order valence-electron chi connectivity index (χ2n) is 6.49. The number of piperidine rings is 1. The molecule has 6 nitrogen and oxygen atoms in total. The van der Waals surface area contributed by atoms with Crippen LogP contribution in [0.15, 0.2) is 30.3 Å². The summed E-state index contributed by atoms with van der Waals surface area (Å²) in [6.07, 6.45) is 3.28. The smallest absolute Gasteiger partial charge is 0.239 e. The molecule has 0 saturated carbocycles. The minimum atomic E-state index is -0.388. The minimum Gasteiger partial charge on any atom is -0.368 e. The molecule has 2 aromatic rings. The van der Waals surface area contributed by atoms with Crippen LogP contribution >= 0.6 is 0 Å². The summed E-state index contributed by atoms with van der Waals surface area (Å²) in [6.45, 7) is 5.48. The number of nitrogens with two attached hydrogens (primary N) is 1. The fourth-order valence-corrected chi connectivity index (χ4v) is 3.65. The summed E-state index contributed by atoms with van der Waals surface area (Å²) < 4.78 is 1.95. The van der Waals surface area contributed by atoms with Gasteiger partial charge in [-0.3, -0.25) is 9.69 Å². The largest absolute Gasteiger partial charge is 0.368 e. The summed E-state index contributed by atoms with van der Waals surface area (Å²) in [6, 6.07) is 9.66. The molecule has 2 atom stereocenters. The number of benzene rings is 1. The standard InChI is InChI=1S/C18H25N5O/c1-13-20-14(2)23(21-13)12-16-10-6-7-11-22(16)17(18(19)24)15-8-4-3-5-9-15/h3-5,8-9,16-17H,6-7,10-12H2,1-2H3,(H2,19,24)/t16-,17-/m1/s1. The molecule has 0 spiro atoms. The molecular weight excluding hydrogens is 302 g/mol. The highest BCUT2D eigenvalue weighted by atomic mass is 16.1. The molecular formula is C18H25N5O. The fraction of sp³-hybridized carbons (Fsp3) is 0.500. The van der Waals surface area contributed by atoms with Crippen LogP contribution in [0.25, 0.3) is 0 Å². The highest BCUT2D eigenvalue weighted by molar-refractivity contribution is 5.81. The van der Waals surface area contributed by atoms with Crippen molar-refractivity contribution in [2.24, 2.45) is 5.73 Å². The van der Waals surface area contributed by atoms with Crippen molar-refractivity contribution in [3.63, 3.8) is 0 Å². The first-order chi connectivity index (χ1) is 11.6. The zero-order valence-electron chi connectivity index (χ0n) is 14.4. The first kappa shape index (κ1) is 16.6. The van der Waals surface area contributed by atoms with Gasteiger partial charge in [0, 0.05) is 6.04 Å². The van der Waals surface area contributed by atoms with E-state index < -0.39 is 0 Å². The lowest BCUT2D eigenvalue weighted by atomic mass is 9.95. The SMILES string of the molecule is Cc1nc(C)n(C[C@H]2CCCCN2[C@@H](C(N)=O)c2ccccc2)n1. The fourth-order valence-electron chi connectivity index (χ4n) is 3.65. The first-order valence-electron chi connectivity index (χ1n) is 8.54. The lowest BCUT2D eigenvalue weighted by Crippen LogP contribution is -2.48. The number of aromatic nitrogens is 3. The third-order valence-electron chi connectivity index (χ3n) is 4.74. The van der Waals surface area contributed by atoms with E-state index in [9.17, 15) is 4.79 Å². The minimum absolute atomic E-state index is 0.233. The number of amides is 1. The summed E-state index contributed by atoms with van der Waals surface area (Å²) in [5.74, 6) is 1.40. The quantitative estimate of drug-likeness (QED) is 0.911. The molecule has 0 bridgehead atoms. The summed E-state index contributed by atoms with van der Waals surface area (Å²) in [7, 11) is 0. The molecule has 0 unspecified atom stereocenters. The Morgan fingerprint density at radius 3 is 2.67 bits per heavy atom. The molecule has 1 amide bonds. The van der Waals surface area contributed by atoms with Crippen LogP contribution in [0.1, 0.15) is 42.5 Å². The van der Waals surface area contributed by atoms with Gasteiger partial charge in [0.25, 0.3) is 0 Å². The normalized spacial score (nSPS) is 20.0. The molecule has 1 aromatic heterocycles. The zero-order valence-corrected chi connectivity index (χ0v) is 14.4. The Morgan fingerprint density at radius 1 is 1.29 bits per heavy atom. The van der Waals surface area contributed by atoms with E-state index in [-0.39, 0.29) is 18.0 Å². The predicted molar refractivity (Wildman–Crippen MR) is 92.2 cm³/mol. The van der Waals surface area contributed by atoms with E-state index in [2.05, 4.69) is 15.0 Å². The van der Waals surface area contributed by atoms with Crippen LogP contribution in [-0.2, 0) is 11.3 Å². The number of likely N-dealkylation sites (tertiary alicyclic amines) is 1. The number of nitrogens with zero attached hydrogens (tertiary/aromatic N) is 4. The maximum Gasteiger partial charge on any atom is 0.239 e. The van der Waals surface area contributed by atoms with Crippen molar-refractivity contribution in [3.8, 4) is 0 Å². The lowest BCUT2D eigenvalue weighted by molar-refractivity contribution is -0.125. The van der Waals surface area contributed by atoms with Crippen LogP contribution < -0.4 is 5.73 Å². The Balaban J connectivity index is 1.87. The van der Waals surface area contributed by atoms with Crippen LogP contribution in [-0.4, -0.2) is 38.2 Å². The van der Waals surface area contributed by atoms with Gasteiger partial charge in [-0.15, -0.1) is 0 Å². The van der Waals surface area contributed by atoms with Crippen molar-refractivity contribution in [2.45, 2.75) is 51.7 Å². The maximum absolute atomic E-state index is 12.2. The molecule has 6 heteroatoms. The van der Waals surface area contributed by atoms with Gasteiger partial charge in [0.15, 0.2) is 0 Å². The monoisotopic (exact) mass is 327 g/mol. The van der Waals surface area contributed by atoms with Crippen LogP contribution in [0.5, 0.6) is 0 Å². The lowest BCUT2D eigenvalue weighted by Gasteiger charge is -2.40. The number of hydrogen-bond acceptors (Lipinski definition) is 4. The molecule has 128 valence electrons. The first-order valence-corrected chi connectivity index (χ1v) is 8.54. The zero-order chi connectivity index (χ0) is 17.1. The molecule has 1 aliphatic rings. The molecule has 1 fully saturated rings. The molecule has 2 N–H and O–H groups in total. The van der Waals surface area contributed by atoms with Crippen LogP contribution in [0.4, 0.5) is 0 Å². The summed E-state index contributed by atoms with van der Waals surface area (Å²) in [5.41, 5.74) is 6.74. The van der Waals surface area contributed by atoms with Crippen LogP contribution in [0.3, 0.4) is 0 Å². The van der Waals surface area contributed by atoms with Crippen molar-refractivity contribution in [1.82, 2.24) is 19.7 Å². The van der Waals surface area contributed by atoms with Gasteiger partial charge in [0.2, 0.25) is 5.91 Å². The van der Waals surface area contributed by atoms with Crippen LogP contribution in [0.2, 0.25) is 0 Å². The Hall–Kier alpha value is -2.21. The van der Waals surface area contributed by atoms with E-state index in [1.54, 1.807) is 0 Å². The Morgan fingerprint density at radius 2 is 2.04 bits per heavy atom. The molecule has 1 aromatic carbocycles. The van der Waals surface area contributed by atoms with Crippen molar-refractivity contribution >= 4 is 5.91 Å². The van der Waals surface area contributed by atoms with Gasteiger partial charge in [-0.25, -0.2) is 9.67 Å². The van der Waals surface area contributed by atoms with E-state index in [0.29, 0.717) is 0 Å². The van der Waals surface area contributed by atoms with Gasteiger partial charge in [-0.2, -0.15) is 5.10 Å². The predicted octanol–water partition coefficient (Wildman–Crippen LogP) is 1.98. The Bertz CT molecular complexity index is 697. The van der Waals surface area contributed by atoms with Gasteiger partial charge in [0.05, 0.1) is 6.54 Å². The summed E-state index contributed by atoms with van der Waals surface area (Å²) in [5, 5.41) is 4.48. The van der Waals surface area contributed by atoms with E-state index in [1.165, 1.54) is 0 Å². The molecule has 1 aliphatic heterocycles. The number of aryl methyl sites for hydroxylation is 2. The molecule has 1 saturated heterocycles. The molecule has 0 radical (unpaired) electrons. The summed E-state index contributed by atoms with van der Waals surface area (Å²) in [4.78, 5) is 18.8. The molecule has 0 aliphatic carbocycles. The van der Waals surface area contributed by atoms with Gasteiger partial charge < -0.3 is 5.73 Å². The number of carbonyl (C=O) groups is 1. The second kappa shape index (κ2) is 7.13. The van der Waals surface area contributed by atoms with E-state index in [1.807, 2.05) is 48.9 Å². The molecule has 2 heterocycles. The van der Waals surface area contributed by atoms with E-state index in [0.717, 1.165) is 49.6 Å². The maximum atomic E-state index is 12.2. The average molecular weight is 327 g/mol. The number of rotatable bonds is 5. The number of carbonyl (C=O) groups excluding carboxylic acids is 1. The van der Waals surface area contributed by atoms with Crippen LogP contribution in [0, 0.1) is 13.8 Å². The van der Waals surface area contributed by atoms with Gasteiger partial charge in [-0.05, 0) is 38.8 Å². The Kier molecular flexibility index (Phi) is 4.94. The Labute approximate surface area is 142 Å². The van der Waals surface area contributed by atoms with Gasteiger partial charge in [-0.1, -0.05) is 36.8 Å². The topological polar surface area (TPSA) is 77.0 Å². The highest BCUT2D eigenvalue weighted by Crippen LogP contribution is 2.29. The average Bonchev–Trinajstić information content (AvgIpc) is 2.87. The van der Waals surface area contributed by atoms with Crippen molar-refractivity contribution in [3.05, 3.63) is 47.5 Å². The van der Waals surface area contributed by atoms with E-state index in [4.69, 9.17) is 5.73 Å². The third kappa shape index (κ3) is 3.48. The van der Waals surface area contributed by atoms with Gasteiger partial charge >= 0.3 is 0 Å². The summed E-state index contributed by atoms with van der Waals surface area (Å²) >= 11 is 0. The van der Waals surface area contributed by atoms with E-state index >= 15 is 0 Å². The third-order valence-corrected chi connectivity index (χ3v) is 4.74. The number of primary amides is 1. The highest BCUT2D eigenvalue weighted by Gasteiger charge is 2.33. The number of hydrogen-bond donors (Lipinski definition) is 1. The molecule has 24 heavy (non-hydrogen) atoms. The van der Waals surface area contributed by atoms with Crippen molar-refractivity contribution < 1.29 is 4.79 Å². The van der Waals surface area contributed by atoms with Gasteiger partial charge in [0.1, 0.15) is 17.7 Å².